The van der Waals surface area contributed by atoms with E-state index >= 15 is 0 Å². The molecule has 0 unspecified atom stereocenters. The molecule has 142 valence electrons. The number of hydrogen-bond acceptors (Lipinski definition) is 10. The summed E-state index contributed by atoms with van der Waals surface area (Å²) in [6, 6.07) is 5.13. The molecule has 1 heterocycles. The summed E-state index contributed by atoms with van der Waals surface area (Å²) < 4.78 is 21.4. The number of carbonyl (C=O) groups is 1. The van der Waals surface area contributed by atoms with Crippen LogP contribution < -0.4 is 19.9 Å². The molecule has 0 atom stereocenters. The molecule has 0 spiro atoms. The van der Waals surface area contributed by atoms with Gasteiger partial charge in [-0.05, 0) is 19.1 Å². The summed E-state index contributed by atoms with van der Waals surface area (Å²) in [7, 11) is 4.51. The molecule has 1 aromatic carbocycles. The monoisotopic (exact) mass is 390 g/mol. The minimum absolute atomic E-state index is 0.0473. The summed E-state index contributed by atoms with van der Waals surface area (Å²) in [6.45, 7) is 1.50. The Morgan fingerprint density at radius 1 is 1.22 bits per heavy atom. The van der Waals surface area contributed by atoms with Crippen molar-refractivity contribution in [3.8, 4) is 34.8 Å². The van der Waals surface area contributed by atoms with Gasteiger partial charge in [0.1, 0.15) is 11.6 Å². The zero-order valence-electron chi connectivity index (χ0n) is 15.2. The van der Waals surface area contributed by atoms with Gasteiger partial charge in [-0.1, -0.05) is 11.8 Å². The third-order valence-electron chi connectivity index (χ3n) is 3.43. The van der Waals surface area contributed by atoms with Crippen LogP contribution in [0.3, 0.4) is 0 Å². The largest absolute Gasteiger partial charge is 0.493 e. The number of ketones is 1. The summed E-state index contributed by atoms with van der Waals surface area (Å²) >= 11 is 1.01. The smallest absolute Gasteiger partial charge is 0.277 e. The van der Waals surface area contributed by atoms with E-state index in [2.05, 4.69) is 10.2 Å². The lowest BCUT2D eigenvalue weighted by Gasteiger charge is -2.12. The first-order valence-corrected chi connectivity index (χ1v) is 8.60. The fourth-order valence-electron chi connectivity index (χ4n) is 2.16. The van der Waals surface area contributed by atoms with E-state index in [1.165, 1.54) is 28.3 Å². The molecule has 0 amide bonds. The van der Waals surface area contributed by atoms with Gasteiger partial charge in [-0.3, -0.25) is 4.79 Å². The normalized spacial score (nSPS) is 11.4. The van der Waals surface area contributed by atoms with E-state index in [1.807, 2.05) is 0 Å². The van der Waals surface area contributed by atoms with Crippen LogP contribution in [0.1, 0.15) is 6.92 Å². The fourth-order valence-corrected chi connectivity index (χ4v) is 2.79. The standard InChI is InChI=1S/C17H18N4O5S/c1-9(19)11(7-18)12(22)8-27-17-21-20-16(26-17)10-5-13(23-2)15(25-4)14(6-10)24-3/h5-6H,8,19H2,1-4H3/b11-9-. The highest BCUT2D eigenvalue weighted by Crippen LogP contribution is 2.41. The third kappa shape index (κ3) is 4.51. The number of hydrogen-bond donors (Lipinski definition) is 1. The Morgan fingerprint density at radius 3 is 2.33 bits per heavy atom. The Balaban J connectivity index is 2.22. The molecule has 9 nitrogen and oxygen atoms in total. The van der Waals surface area contributed by atoms with Gasteiger partial charge >= 0.3 is 0 Å². The van der Waals surface area contributed by atoms with Gasteiger partial charge in [-0.2, -0.15) is 5.26 Å². The Kier molecular flexibility index (Phi) is 6.67. The molecule has 0 fully saturated rings. The van der Waals surface area contributed by atoms with Gasteiger partial charge in [-0.25, -0.2) is 0 Å². The number of nitrogens with zero attached hydrogens (tertiary/aromatic N) is 3. The molecule has 10 heteroatoms. The Hall–Kier alpha value is -3.19. The van der Waals surface area contributed by atoms with Crippen molar-refractivity contribution < 1.29 is 23.4 Å². The molecule has 27 heavy (non-hydrogen) atoms. The minimum Gasteiger partial charge on any atom is -0.493 e. The number of rotatable bonds is 8. The fraction of sp³-hybridized carbons (Fsp3) is 0.294. The number of allylic oxidation sites excluding steroid dienone is 2. The van der Waals surface area contributed by atoms with Gasteiger partial charge in [0.2, 0.25) is 11.6 Å². The second-order valence-corrected chi connectivity index (χ2v) is 6.10. The maximum atomic E-state index is 12.0. The highest BCUT2D eigenvalue weighted by atomic mass is 32.2. The molecule has 2 N–H and O–H groups in total. The quantitative estimate of drug-likeness (QED) is 0.406. The van der Waals surface area contributed by atoms with Gasteiger partial charge in [0.25, 0.3) is 5.22 Å². The predicted octanol–water partition coefficient (Wildman–Crippen LogP) is 2.18. The lowest BCUT2D eigenvalue weighted by molar-refractivity contribution is -0.112. The van der Waals surface area contributed by atoms with Crippen LogP contribution in [0.2, 0.25) is 0 Å². The van der Waals surface area contributed by atoms with E-state index in [1.54, 1.807) is 18.2 Å². The molecule has 0 aliphatic rings. The van der Waals surface area contributed by atoms with Crippen molar-refractivity contribution in [3.05, 3.63) is 23.4 Å². The number of nitriles is 1. The number of methoxy groups -OCH3 is 3. The van der Waals surface area contributed by atoms with E-state index < -0.39 is 5.78 Å². The average Bonchev–Trinajstić information content (AvgIpc) is 3.14. The number of Topliss-reactive ketones (excluding diaryl/α,β-unsaturated/α-hetero) is 1. The zero-order valence-corrected chi connectivity index (χ0v) is 16.0. The molecule has 2 rings (SSSR count). The highest BCUT2D eigenvalue weighted by Gasteiger charge is 2.19. The second kappa shape index (κ2) is 8.95. The number of thioether (sulfide) groups is 1. The molecule has 0 bridgehead atoms. The Morgan fingerprint density at radius 2 is 1.85 bits per heavy atom. The van der Waals surface area contributed by atoms with Crippen LogP contribution in [0.5, 0.6) is 17.2 Å². The summed E-state index contributed by atoms with van der Waals surface area (Å²) in [5.74, 6) is 1.09. The summed E-state index contributed by atoms with van der Waals surface area (Å²) in [6.07, 6.45) is 0. The van der Waals surface area contributed by atoms with Crippen LogP contribution in [-0.2, 0) is 4.79 Å². The van der Waals surface area contributed by atoms with Crippen molar-refractivity contribution in [2.45, 2.75) is 12.1 Å². The van der Waals surface area contributed by atoms with Crippen LogP contribution in [0.25, 0.3) is 11.5 Å². The number of ether oxygens (including phenoxy) is 3. The van der Waals surface area contributed by atoms with Crippen LogP contribution in [0, 0.1) is 11.3 Å². The minimum atomic E-state index is -0.407. The Labute approximate surface area is 160 Å². The van der Waals surface area contributed by atoms with Gasteiger partial charge in [-0.15, -0.1) is 10.2 Å². The van der Waals surface area contributed by atoms with Crippen LogP contribution in [0.4, 0.5) is 0 Å². The predicted molar refractivity (Wildman–Crippen MR) is 97.6 cm³/mol. The maximum Gasteiger partial charge on any atom is 0.277 e. The van der Waals surface area contributed by atoms with Crippen LogP contribution in [-0.4, -0.2) is 43.1 Å². The molecule has 0 aliphatic carbocycles. The summed E-state index contributed by atoms with van der Waals surface area (Å²) in [4.78, 5) is 12.0. The van der Waals surface area contributed by atoms with Crippen LogP contribution in [0.15, 0.2) is 33.0 Å². The third-order valence-corrected chi connectivity index (χ3v) is 4.25. The average molecular weight is 390 g/mol. The van der Waals surface area contributed by atoms with E-state index in [0.29, 0.717) is 22.8 Å². The molecule has 0 radical (unpaired) electrons. The van der Waals surface area contributed by atoms with E-state index in [9.17, 15) is 4.79 Å². The van der Waals surface area contributed by atoms with E-state index in [4.69, 9.17) is 29.6 Å². The van der Waals surface area contributed by atoms with Gasteiger partial charge in [0.15, 0.2) is 17.3 Å². The summed E-state index contributed by atoms with van der Waals surface area (Å²) in [5.41, 5.74) is 6.17. The molecule has 2 aromatic rings. The van der Waals surface area contributed by atoms with Crippen molar-refractivity contribution in [2.75, 3.05) is 27.1 Å². The first-order chi connectivity index (χ1) is 12.9. The lowest BCUT2D eigenvalue weighted by atomic mass is 10.2. The molecular formula is C17H18N4O5S. The van der Waals surface area contributed by atoms with Gasteiger partial charge < -0.3 is 24.4 Å². The number of aromatic nitrogens is 2. The molecule has 0 aliphatic heterocycles. The van der Waals surface area contributed by atoms with Gasteiger partial charge in [0.05, 0.1) is 27.1 Å². The van der Waals surface area contributed by atoms with Crippen molar-refractivity contribution in [2.24, 2.45) is 5.73 Å². The summed E-state index contributed by atoms with van der Waals surface area (Å²) in [5, 5.41) is 17.0. The SMILES string of the molecule is COc1cc(-c2nnc(SCC(=O)/C(C#N)=C(/C)N)o2)cc(OC)c1OC. The maximum absolute atomic E-state index is 12.0. The van der Waals surface area contributed by atoms with E-state index in [0.717, 1.165) is 11.8 Å². The van der Waals surface area contributed by atoms with Crippen molar-refractivity contribution in [1.29, 1.82) is 5.26 Å². The first-order valence-electron chi connectivity index (χ1n) is 7.61. The topological polar surface area (TPSA) is 133 Å². The molecular weight excluding hydrogens is 372 g/mol. The number of carbonyl (C=O) groups excluding carboxylic acids is 1. The Bertz CT molecular complexity index is 887. The molecule has 0 saturated carbocycles. The van der Waals surface area contributed by atoms with Crippen LogP contribution >= 0.6 is 11.8 Å². The number of benzene rings is 1. The van der Waals surface area contributed by atoms with E-state index in [-0.39, 0.29) is 28.1 Å². The lowest BCUT2D eigenvalue weighted by Crippen LogP contribution is -2.10. The van der Waals surface area contributed by atoms with Crippen molar-refractivity contribution >= 4 is 17.5 Å². The van der Waals surface area contributed by atoms with Gasteiger partial charge in [0, 0.05) is 11.3 Å². The zero-order chi connectivity index (χ0) is 20.0. The molecule has 1 aromatic heterocycles. The number of nitrogens with two attached hydrogens (primary N) is 1. The second-order valence-electron chi connectivity index (χ2n) is 5.17. The molecule has 0 saturated heterocycles. The van der Waals surface area contributed by atoms with Crippen molar-refractivity contribution in [1.82, 2.24) is 10.2 Å². The highest BCUT2D eigenvalue weighted by molar-refractivity contribution is 7.99. The first kappa shape index (κ1) is 20.1. The van der Waals surface area contributed by atoms with Crippen molar-refractivity contribution in [3.63, 3.8) is 0 Å².